The van der Waals surface area contributed by atoms with Gasteiger partial charge >= 0.3 is 0 Å². The van der Waals surface area contributed by atoms with Crippen molar-refractivity contribution in [3.05, 3.63) is 41.6 Å². The van der Waals surface area contributed by atoms with Crippen molar-refractivity contribution >= 4 is 35.7 Å². The molecule has 2 N–H and O–H groups in total. The molecule has 0 amide bonds. The molecule has 0 radical (unpaired) electrons. The van der Waals surface area contributed by atoms with E-state index in [9.17, 15) is 0 Å². The number of halogens is 2. The number of pyridine rings is 1. The highest BCUT2D eigenvalue weighted by molar-refractivity contribution is 5.85. The van der Waals surface area contributed by atoms with E-state index < -0.39 is 0 Å². The highest BCUT2D eigenvalue weighted by Crippen LogP contribution is 2.21. The molecule has 3 rings (SSSR count). The highest BCUT2D eigenvalue weighted by atomic mass is 35.5. The first-order valence-electron chi connectivity index (χ1n) is 7.05. The van der Waals surface area contributed by atoms with Gasteiger partial charge in [0.1, 0.15) is 0 Å². The van der Waals surface area contributed by atoms with Crippen LogP contribution in [0.25, 0.3) is 10.9 Å². The molecule has 1 aliphatic heterocycles. The first-order chi connectivity index (χ1) is 9.22. The number of aromatic nitrogens is 1. The predicted octanol–water partition coefficient (Wildman–Crippen LogP) is 3.31. The number of para-hydroxylation sites is 1. The Morgan fingerprint density at radius 1 is 1.19 bits per heavy atom. The summed E-state index contributed by atoms with van der Waals surface area (Å²) < 4.78 is 0. The van der Waals surface area contributed by atoms with Crippen LogP contribution >= 0.6 is 24.8 Å². The maximum Gasteiger partial charge on any atom is 0.0708 e. The third-order valence-corrected chi connectivity index (χ3v) is 3.96. The van der Waals surface area contributed by atoms with Crippen LogP contribution in [0.15, 0.2) is 30.3 Å². The third-order valence-electron chi connectivity index (χ3n) is 3.96. The lowest BCUT2D eigenvalue weighted by Gasteiger charge is -2.30. The minimum absolute atomic E-state index is 0. The fourth-order valence-electron chi connectivity index (χ4n) is 2.88. The first-order valence-corrected chi connectivity index (χ1v) is 7.05. The molecule has 116 valence electrons. The Balaban J connectivity index is 0.00000110. The van der Waals surface area contributed by atoms with E-state index >= 15 is 0 Å². The average molecular weight is 328 g/mol. The Kier molecular flexibility index (Phi) is 6.88. The fraction of sp³-hybridized carbons (Fsp3) is 0.438. The van der Waals surface area contributed by atoms with Crippen LogP contribution < -0.4 is 5.73 Å². The number of nitrogens with two attached hydrogens (primary N) is 1. The van der Waals surface area contributed by atoms with Crippen LogP contribution in [0.4, 0.5) is 0 Å². The van der Waals surface area contributed by atoms with Crippen molar-refractivity contribution in [1.82, 2.24) is 9.88 Å². The number of hydrogen-bond donors (Lipinski definition) is 1. The van der Waals surface area contributed by atoms with E-state index in [1.165, 1.54) is 10.9 Å². The van der Waals surface area contributed by atoms with E-state index in [0.717, 1.165) is 43.7 Å². The highest BCUT2D eigenvalue weighted by Gasteiger charge is 2.17. The number of fused-ring (bicyclic) bond motifs is 1. The Labute approximate surface area is 138 Å². The van der Waals surface area contributed by atoms with Crippen molar-refractivity contribution in [2.45, 2.75) is 32.4 Å². The fourth-order valence-corrected chi connectivity index (χ4v) is 2.88. The quantitative estimate of drug-likeness (QED) is 0.920. The largest absolute Gasteiger partial charge is 0.328 e. The van der Waals surface area contributed by atoms with Crippen LogP contribution in [0.2, 0.25) is 0 Å². The average Bonchev–Trinajstić information content (AvgIpc) is 2.41. The SMILES string of the molecule is Cc1cc(CN2CCC(N)CC2)c2ccccc2n1.Cl.Cl. The lowest BCUT2D eigenvalue weighted by atomic mass is 10.0. The number of likely N-dealkylation sites (tertiary alicyclic amines) is 1. The van der Waals surface area contributed by atoms with Gasteiger partial charge in [0.15, 0.2) is 0 Å². The van der Waals surface area contributed by atoms with Crippen LogP contribution in [0.5, 0.6) is 0 Å². The van der Waals surface area contributed by atoms with Crippen LogP contribution in [0.1, 0.15) is 24.1 Å². The molecule has 0 atom stereocenters. The topological polar surface area (TPSA) is 42.1 Å². The van der Waals surface area contributed by atoms with Gasteiger partial charge in [0, 0.05) is 23.7 Å². The van der Waals surface area contributed by atoms with Gasteiger partial charge in [0.2, 0.25) is 0 Å². The van der Waals surface area contributed by atoms with E-state index in [1.807, 2.05) is 0 Å². The van der Waals surface area contributed by atoms with Crippen LogP contribution in [0, 0.1) is 6.92 Å². The normalized spacial score (nSPS) is 16.3. The van der Waals surface area contributed by atoms with Gasteiger partial charge in [-0.3, -0.25) is 9.88 Å². The van der Waals surface area contributed by atoms with Gasteiger partial charge in [-0.25, -0.2) is 0 Å². The molecule has 1 fully saturated rings. The Morgan fingerprint density at radius 3 is 2.57 bits per heavy atom. The number of piperidine rings is 1. The number of aryl methyl sites for hydroxylation is 1. The molecule has 1 aliphatic rings. The summed E-state index contributed by atoms with van der Waals surface area (Å²) in [4.78, 5) is 7.11. The minimum atomic E-state index is 0. The monoisotopic (exact) mass is 327 g/mol. The molecule has 0 aliphatic carbocycles. The predicted molar refractivity (Wildman–Crippen MR) is 93.5 cm³/mol. The summed E-state index contributed by atoms with van der Waals surface area (Å²) >= 11 is 0. The summed E-state index contributed by atoms with van der Waals surface area (Å²) in [5.41, 5.74) is 9.56. The van der Waals surface area contributed by atoms with Gasteiger partial charge in [-0.2, -0.15) is 0 Å². The molecule has 3 nitrogen and oxygen atoms in total. The van der Waals surface area contributed by atoms with Crippen molar-refractivity contribution in [3.8, 4) is 0 Å². The summed E-state index contributed by atoms with van der Waals surface area (Å²) in [6.07, 6.45) is 2.23. The zero-order chi connectivity index (χ0) is 13.2. The third kappa shape index (κ3) is 4.30. The van der Waals surface area contributed by atoms with Gasteiger partial charge in [0.05, 0.1) is 5.52 Å². The molecule has 0 unspecified atom stereocenters. The van der Waals surface area contributed by atoms with Gasteiger partial charge < -0.3 is 5.73 Å². The van der Waals surface area contributed by atoms with Gasteiger partial charge in [0.25, 0.3) is 0 Å². The molecule has 21 heavy (non-hydrogen) atoms. The number of rotatable bonds is 2. The maximum absolute atomic E-state index is 5.97. The second kappa shape index (κ2) is 7.95. The zero-order valence-electron chi connectivity index (χ0n) is 12.3. The minimum Gasteiger partial charge on any atom is -0.328 e. The Bertz CT molecular complexity index is 581. The molecule has 2 aromatic rings. The summed E-state index contributed by atoms with van der Waals surface area (Å²) in [6, 6.07) is 11.0. The second-order valence-corrected chi connectivity index (χ2v) is 5.55. The van der Waals surface area contributed by atoms with E-state index in [1.54, 1.807) is 0 Å². The van der Waals surface area contributed by atoms with E-state index in [0.29, 0.717) is 6.04 Å². The van der Waals surface area contributed by atoms with Crippen LogP contribution in [0.3, 0.4) is 0 Å². The molecule has 0 bridgehead atoms. The maximum atomic E-state index is 5.97. The van der Waals surface area contributed by atoms with E-state index in [4.69, 9.17) is 5.73 Å². The van der Waals surface area contributed by atoms with Crippen LogP contribution in [-0.2, 0) is 6.54 Å². The van der Waals surface area contributed by atoms with E-state index in [-0.39, 0.29) is 24.8 Å². The molecule has 0 saturated carbocycles. The van der Waals surface area contributed by atoms with Crippen molar-refractivity contribution in [1.29, 1.82) is 0 Å². The molecule has 1 saturated heterocycles. The standard InChI is InChI=1S/C16H21N3.2ClH/c1-12-10-13(11-19-8-6-14(17)7-9-19)15-4-2-3-5-16(15)18-12;;/h2-5,10,14H,6-9,11,17H2,1H3;2*1H. The van der Waals surface area contributed by atoms with Crippen LogP contribution in [-0.4, -0.2) is 29.0 Å². The molecular formula is C16H23Cl2N3. The molecule has 5 heteroatoms. The summed E-state index contributed by atoms with van der Waals surface area (Å²) in [6.45, 7) is 5.30. The smallest absolute Gasteiger partial charge is 0.0708 e. The number of nitrogens with zero attached hydrogens (tertiary/aromatic N) is 2. The summed E-state index contributed by atoms with van der Waals surface area (Å²) in [5.74, 6) is 0. The zero-order valence-corrected chi connectivity index (χ0v) is 13.9. The molecule has 2 heterocycles. The van der Waals surface area contributed by atoms with Crippen molar-refractivity contribution < 1.29 is 0 Å². The van der Waals surface area contributed by atoms with Gasteiger partial charge in [-0.05, 0) is 50.6 Å². The van der Waals surface area contributed by atoms with Gasteiger partial charge in [-0.1, -0.05) is 18.2 Å². The Morgan fingerprint density at radius 2 is 1.86 bits per heavy atom. The summed E-state index contributed by atoms with van der Waals surface area (Å²) in [5, 5.41) is 1.28. The summed E-state index contributed by atoms with van der Waals surface area (Å²) in [7, 11) is 0. The van der Waals surface area contributed by atoms with Gasteiger partial charge in [-0.15, -0.1) is 24.8 Å². The molecule has 0 spiro atoms. The Hall–Kier alpha value is -0.870. The lowest BCUT2D eigenvalue weighted by molar-refractivity contribution is 0.206. The molecular weight excluding hydrogens is 305 g/mol. The molecule has 1 aromatic heterocycles. The number of hydrogen-bond acceptors (Lipinski definition) is 3. The first kappa shape index (κ1) is 18.2. The van der Waals surface area contributed by atoms with E-state index in [2.05, 4.69) is 47.1 Å². The second-order valence-electron chi connectivity index (χ2n) is 5.55. The molecule has 1 aromatic carbocycles. The number of benzene rings is 1. The van der Waals surface area contributed by atoms with Crippen molar-refractivity contribution in [2.75, 3.05) is 13.1 Å². The van der Waals surface area contributed by atoms with Crippen molar-refractivity contribution in [2.24, 2.45) is 5.73 Å². The van der Waals surface area contributed by atoms with Crippen molar-refractivity contribution in [3.63, 3.8) is 0 Å². The lowest BCUT2D eigenvalue weighted by Crippen LogP contribution is -2.39.